The maximum absolute atomic E-state index is 12.9. The maximum atomic E-state index is 12.9. The molecule has 0 aliphatic rings. The summed E-state index contributed by atoms with van der Waals surface area (Å²) in [5, 5.41) is 0. The second kappa shape index (κ2) is 3.52. The summed E-state index contributed by atoms with van der Waals surface area (Å²) in [5.41, 5.74) is 0. The van der Waals surface area contributed by atoms with E-state index in [0.717, 1.165) is 0 Å². The molecule has 5 heteroatoms. The van der Waals surface area contributed by atoms with E-state index < -0.39 is 16.3 Å². The zero-order valence-corrected chi connectivity index (χ0v) is 9.69. The topological polar surface area (TPSA) is 0 Å². The first-order valence-electron chi connectivity index (χ1n) is 2.83. The Hall–Kier alpha value is 0.563. The summed E-state index contributed by atoms with van der Waals surface area (Å²) in [6.07, 6.45) is 0. The Kier molecular flexibility index (Phi) is 3.09. The Bertz CT molecular complexity index is 258. The minimum absolute atomic E-state index is 0.262. The van der Waals surface area contributed by atoms with Gasteiger partial charge in [0.1, 0.15) is 0 Å². The van der Waals surface area contributed by atoms with Gasteiger partial charge in [0.2, 0.25) is 0 Å². The van der Waals surface area contributed by atoms with Gasteiger partial charge >= 0.3 is 79.4 Å². The van der Waals surface area contributed by atoms with Crippen molar-refractivity contribution in [2.75, 3.05) is 0 Å². The molecular weight excluding hydrogens is 270 g/mol. The molecule has 0 fully saturated rings. The summed E-state index contributed by atoms with van der Waals surface area (Å²) >= 11 is 0. The molecule has 0 nitrogen and oxygen atoms in total. The summed E-state index contributed by atoms with van der Waals surface area (Å²) in [5.74, 6) is -0.424. The molecule has 0 radical (unpaired) electrons. The number of hydrogen-bond donors (Lipinski definition) is 0. The molecule has 0 saturated heterocycles. The molecule has 60 valence electrons. The van der Waals surface area contributed by atoms with Gasteiger partial charge in [0, 0.05) is 0 Å². The van der Waals surface area contributed by atoms with Gasteiger partial charge in [0.25, 0.3) is 0 Å². The van der Waals surface area contributed by atoms with Crippen LogP contribution in [0, 0.1) is 5.82 Å². The van der Waals surface area contributed by atoms with Gasteiger partial charge < -0.3 is 0 Å². The summed E-state index contributed by atoms with van der Waals surface area (Å²) < 4.78 is 13.1. The average Bonchev–Trinajstić information content (AvgIpc) is 1.86. The molecule has 1 aromatic rings. The van der Waals surface area contributed by atoms with Crippen LogP contribution in [-0.4, -0.2) is 10.5 Å². The van der Waals surface area contributed by atoms with Crippen molar-refractivity contribution in [1.29, 1.82) is 0 Å². The second-order valence-electron chi connectivity index (χ2n) is 1.98. The third kappa shape index (κ3) is 2.51. The fourth-order valence-electron chi connectivity index (χ4n) is 0.691. The van der Waals surface area contributed by atoms with Crippen LogP contribution in [-0.2, 0) is 0 Å². The summed E-state index contributed by atoms with van der Waals surface area (Å²) in [4.78, 5) is 0. The van der Waals surface area contributed by atoms with Crippen molar-refractivity contribution in [3.05, 3.63) is 30.1 Å². The predicted molar refractivity (Wildman–Crippen MR) is 49.3 cm³/mol. The number of rotatable bonds is 1. The van der Waals surface area contributed by atoms with Gasteiger partial charge in [-0.25, -0.2) is 0 Å². The average molecular weight is 274 g/mol. The number of hydrogen-bond acceptors (Lipinski definition) is 0. The molecule has 0 atom stereocenters. The van der Waals surface area contributed by atoms with E-state index in [1.165, 1.54) is 12.1 Å². The van der Waals surface area contributed by atoms with Crippen molar-refractivity contribution in [3.8, 4) is 0 Å². The van der Waals surface area contributed by atoms with E-state index in [1.807, 2.05) is 0 Å². The van der Waals surface area contributed by atoms with Crippen LogP contribution in [0.4, 0.5) is 4.39 Å². The van der Waals surface area contributed by atoms with Gasteiger partial charge in [-0.2, -0.15) is 0 Å². The van der Waals surface area contributed by atoms with E-state index in [9.17, 15) is 4.39 Å². The molecular formula is C6H4Cl3FGe. The molecule has 0 amide bonds. The Balaban J connectivity index is 3.14. The molecule has 0 bridgehead atoms. The van der Waals surface area contributed by atoms with E-state index in [2.05, 4.69) is 0 Å². The Morgan fingerprint density at radius 2 is 1.64 bits per heavy atom. The normalized spacial score (nSPS) is 11.6. The number of halogens is 4. The first-order chi connectivity index (χ1) is 5.02. The SMILES string of the molecule is Fc1cccc[c]1[Ge]([Cl])([Cl])[Cl]. The third-order valence-corrected chi connectivity index (χ3v) is 6.49. The van der Waals surface area contributed by atoms with Crippen LogP contribution < -0.4 is 4.40 Å². The van der Waals surface area contributed by atoms with Crippen LogP contribution in [0.15, 0.2) is 24.3 Å². The van der Waals surface area contributed by atoms with Crippen molar-refractivity contribution >= 4 is 44.9 Å². The van der Waals surface area contributed by atoms with E-state index in [0.29, 0.717) is 0 Å². The quantitative estimate of drug-likeness (QED) is 0.691. The molecule has 0 saturated carbocycles. The predicted octanol–water partition coefficient (Wildman–Crippen LogP) is 2.69. The van der Waals surface area contributed by atoms with Crippen LogP contribution in [0.5, 0.6) is 0 Å². The van der Waals surface area contributed by atoms with Crippen LogP contribution in [0.3, 0.4) is 0 Å². The van der Waals surface area contributed by atoms with Crippen molar-refractivity contribution in [1.82, 2.24) is 0 Å². The first-order valence-corrected chi connectivity index (χ1v) is 12.2. The first kappa shape index (κ1) is 9.65. The van der Waals surface area contributed by atoms with Crippen LogP contribution >= 0.6 is 30.0 Å². The van der Waals surface area contributed by atoms with Crippen LogP contribution in [0.25, 0.3) is 0 Å². The van der Waals surface area contributed by atoms with Crippen molar-refractivity contribution in [2.45, 2.75) is 0 Å². The van der Waals surface area contributed by atoms with Gasteiger partial charge in [0.15, 0.2) is 0 Å². The molecule has 11 heavy (non-hydrogen) atoms. The molecule has 0 aliphatic heterocycles. The summed E-state index contributed by atoms with van der Waals surface area (Å²) in [6.45, 7) is 0. The second-order valence-corrected chi connectivity index (χ2v) is 17.1. The molecule has 0 aliphatic carbocycles. The van der Waals surface area contributed by atoms with E-state index in [-0.39, 0.29) is 4.40 Å². The monoisotopic (exact) mass is 274 g/mol. The minimum atomic E-state index is -3.51. The zero-order valence-electron chi connectivity index (χ0n) is 5.32. The molecule has 0 spiro atoms. The third-order valence-electron chi connectivity index (χ3n) is 1.18. The van der Waals surface area contributed by atoms with E-state index >= 15 is 0 Å². The van der Waals surface area contributed by atoms with Gasteiger partial charge in [-0.05, 0) is 0 Å². The summed E-state index contributed by atoms with van der Waals surface area (Å²) in [6, 6.07) is 6.04. The van der Waals surface area contributed by atoms with Crippen LogP contribution in [0.1, 0.15) is 0 Å². The molecule has 0 aromatic heterocycles. The standard InChI is InChI=1S/C6H4Cl3FGe/c7-11(8,9)6-4-2-1-3-5(6)10/h1-4H. The fourth-order valence-corrected chi connectivity index (χ4v) is 4.42. The van der Waals surface area contributed by atoms with E-state index in [4.69, 9.17) is 30.0 Å². The zero-order chi connectivity index (χ0) is 8.48. The summed E-state index contributed by atoms with van der Waals surface area (Å²) in [7, 11) is 13.4. The Morgan fingerprint density at radius 3 is 2.00 bits per heavy atom. The molecule has 0 N–H and O–H groups in total. The fraction of sp³-hybridized carbons (Fsp3) is 0. The van der Waals surface area contributed by atoms with E-state index in [1.54, 1.807) is 12.1 Å². The van der Waals surface area contributed by atoms with Crippen molar-refractivity contribution in [2.24, 2.45) is 0 Å². The van der Waals surface area contributed by atoms with Crippen LogP contribution in [0.2, 0.25) is 0 Å². The Labute approximate surface area is 79.2 Å². The van der Waals surface area contributed by atoms with Crippen molar-refractivity contribution in [3.63, 3.8) is 0 Å². The molecule has 0 unspecified atom stereocenters. The molecule has 1 rings (SSSR count). The van der Waals surface area contributed by atoms with Crippen molar-refractivity contribution < 1.29 is 4.39 Å². The van der Waals surface area contributed by atoms with Gasteiger partial charge in [-0.1, -0.05) is 0 Å². The van der Waals surface area contributed by atoms with Gasteiger partial charge in [0.05, 0.1) is 0 Å². The molecule has 1 aromatic carbocycles. The van der Waals surface area contributed by atoms with Gasteiger partial charge in [-0.3, -0.25) is 0 Å². The number of benzene rings is 1. The Morgan fingerprint density at radius 1 is 1.09 bits per heavy atom. The van der Waals surface area contributed by atoms with Gasteiger partial charge in [-0.15, -0.1) is 0 Å². The molecule has 0 heterocycles.